The molecule has 3 heteroatoms. The van der Waals surface area contributed by atoms with Crippen LogP contribution in [0.4, 0.5) is 0 Å². The number of phenolic OH excluding ortho intramolecular Hbond substituents is 3. The standard InChI is InChI=1S/C16H12O3/c17-13-5-1-10(2-6-13)11-3-7-14-12(9-11)4-8-15(18)16(14)19/h1-9,17-19H. The molecule has 3 rings (SSSR count). The molecule has 0 unspecified atom stereocenters. The Labute approximate surface area is 110 Å². The smallest absolute Gasteiger partial charge is 0.165 e. The van der Waals surface area contributed by atoms with Crippen LogP contribution in [0.5, 0.6) is 17.2 Å². The SMILES string of the molecule is Oc1ccc(-c2ccc3c(O)c(O)ccc3c2)cc1. The molecule has 19 heavy (non-hydrogen) atoms. The number of rotatable bonds is 1. The molecule has 0 heterocycles. The van der Waals surface area contributed by atoms with Gasteiger partial charge in [0, 0.05) is 5.39 Å². The van der Waals surface area contributed by atoms with E-state index in [2.05, 4.69) is 0 Å². The molecule has 0 spiro atoms. The van der Waals surface area contributed by atoms with Gasteiger partial charge in [-0.15, -0.1) is 0 Å². The molecule has 0 atom stereocenters. The molecule has 0 aliphatic heterocycles. The van der Waals surface area contributed by atoms with Gasteiger partial charge in [-0.2, -0.15) is 0 Å². The van der Waals surface area contributed by atoms with E-state index in [-0.39, 0.29) is 17.2 Å². The van der Waals surface area contributed by atoms with E-state index in [9.17, 15) is 15.3 Å². The Hall–Kier alpha value is -2.68. The van der Waals surface area contributed by atoms with Crippen molar-refractivity contribution in [3.8, 4) is 28.4 Å². The second-order valence-corrected chi connectivity index (χ2v) is 4.42. The van der Waals surface area contributed by atoms with Crippen molar-refractivity contribution in [1.29, 1.82) is 0 Å². The highest BCUT2D eigenvalue weighted by atomic mass is 16.3. The fourth-order valence-corrected chi connectivity index (χ4v) is 2.14. The van der Waals surface area contributed by atoms with Gasteiger partial charge in [-0.1, -0.05) is 24.3 Å². The Morgan fingerprint density at radius 2 is 1.32 bits per heavy atom. The van der Waals surface area contributed by atoms with E-state index in [1.807, 2.05) is 24.3 Å². The molecule has 0 bridgehead atoms. The molecular formula is C16H12O3. The molecule has 0 aromatic heterocycles. The maximum Gasteiger partial charge on any atom is 0.165 e. The van der Waals surface area contributed by atoms with E-state index < -0.39 is 0 Å². The maximum absolute atomic E-state index is 9.77. The number of aromatic hydroxyl groups is 3. The molecule has 94 valence electrons. The monoisotopic (exact) mass is 252 g/mol. The van der Waals surface area contributed by atoms with Crippen molar-refractivity contribution in [2.45, 2.75) is 0 Å². The van der Waals surface area contributed by atoms with Gasteiger partial charge in [0.2, 0.25) is 0 Å². The molecule has 0 aliphatic rings. The van der Waals surface area contributed by atoms with Gasteiger partial charge in [0.15, 0.2) is 11.5 Å². The Bertz CT molecular complexity index is 746. The van der Waals surface area contributed by atoms with Crippen LogP contribution in [0.15, 0.2) is 54.6 Å². The van der Waals surface area contributed by atoms with Gasteiger partial charge in [0.25, 0.3) is 0 Å². The number of benzene rings is 3. The number of fused-ring (bicyclic) bond motifs is 1. The van der Waals surface area contributed by atoms with E-state index in [1.54, 1.807) is 24.3 Å². The minimum absolute atomic E-state index is 0.102. The molecule has 0 saturated carbocycles. The zero-order chi connectivity index (χ0) is 13.4. The Balaban J connectivity index is 2.17. The van der Waals surface area contributed by atoms with Crippen molar-refractivity contribution < 1.29 is 15.3 Å². The topological polar surface area (TPSA) is 60.7 Å². The van der Waals surface area contributed by atoms with Crippen molar-refractivity contribution in [2.75, 3.05) is 0 Å². The van der Waals surface area contributed by atoms with Crippen LogP contribution < -0.4 is 0 Å². The molecule has 3 aromatic rings. The zero-order valence-electron chi connectivity index (χ0n) is 10.0. The predicted molar refractivity (Wildman–Crippen MR) is 74.4 cm³/mol. The van der Waals surface area contributed by atoms with Gasteiger partial charge >= 0.3 is 0 Å². The summed E-state index contributed by atoms with van der Waals surface area (Å²) in [6.07, 6.45) is 0. The van der Waals surface area contributed by atoms with Crippen LogP contribution in [0.3, 0.4) is 0 Å². The van der Waals surface area contributed by atoms with Crippen LogP contribution in [0.1, 0.15) is 0 Å². The third kappa shape index (κ3) is 1.95. The zero-order valence-corrected chi connectivity index (χ0v) is 10.0. The van der Waals surface area contributed by atoms with Crippen molar-refractivity contribution >= 4 is 10.8 Å². The highest BCUT2D eigenvalue weighted by Crippen LogP contribution is 2.35. The fraction of sp³-hybridized carbons (Fsp3) is 0. The van der Waals surface area contributed by atoms with Crippen LogP contribution in [-0.2, 0) is 0 Å². The first-order chi connectivity index (χ1) is 9.15. The lowest BCUT2D eigenvalue weighted by atomic mass is 10.0. The highest BCUT2D eigenvalue weighted by Gasteiger charge is 2.06. The quantitative estimate of drug-likeness (QED) is 0.580. The van der Waals surface area contributed by atoms with Crippen LogP contribution in [0.25, 0.3) is 21.9 Å². The largest absolute Gasteiger partial charge is 0.508 e. The summed E-state index contributed by atoms with van der Waals surface area (Å²) in [4.78, 5) is 0. The van der Waals surface area contributed by atoms with E-state index in [0.717, 1.165) is 16.5 Å². The van der Waals surface area contributed by atoms with Crippen molar-refractivity contribution in [1.82, 2.24) is 0 Å². The molecule has 3 nitrogen and oxygen atoms in total. The second kappa shape index (κ2) is 4.21. The minimum atomic E-state index is -0.120. The third-order valence-corrected chi connectivity index (χ3v) is 3.17. The Morgan fingerprint density at radius 1 is 0.632 bits per heavy atom. The first-order valence-corrected chi connectivity index (χ1v) is 5.89. The number of hydrogen-bond acceptors (Lipinski definition) is 3. The average molecular weight is 252 g/mol. The lowest BCUT2D eigenvalue weighted by Crippen LogP contribution is -1.80. The van der Waals surface area contributed by atoms with Crippen LogP contribution in [-0.4, -0.2) is 15.3 Å². The summed E-state index contributed by atoms with van der Waals surface area (Å²) in [5.41, 5.74) is 1.96. The van der Waals surface area contributed by atoms with Crippen molar-refractivity contribution in [3.05, 3.63) is 54.6 Å². The molecule has 0 amide bonds. The number of hydrogen-bond donors (Lipinski definition) is 3. The summed E-state index contributed by atoms with van der Waals surface area (Å²) < 4.78 is 0. The third-order valence-electron chi connectivity index (χ3n) is 3.17. The van der Waals surface area contributed by atoms with Gasteiger partial charge in [-0.3, -0.25) is 0 Å². The lowest BCUT2D eigenvalue weighted by Gasteiger charge is -2.07. The van der Waals surface area contributed by atoms with Gasteiger partial charge < -0.3 is 15.3 Å². The lowest BCUT2D eigenvalue weighted by molar-refractivity contribution is 0.408. The molecule has 0 radical (unpaired) electrons. The first-order valence-electron chi connectivity index (χ1n) is 5.89. The van der Waals surface area contributed by atoms with Crippen LogP contribution >= 0.6 is 0 Å². The van der Waals surface area contributed by atoms with E-state index in [4.69, 9.17) is 0 Å². The molecule has 0 fully saturated rings. The van der Waals surface area contributed by atoms with Gasteiger partial charge in [0.05, 0.1) is 0 Å². The fourth-order valence-electron chi connectivity index (χ4n) is 2.14. The van der Waals surface area contributed by atoms with E-state index in [0.29, 0.717) is 5.39 Å². The highest BCUT2D eigenvalue weighted by molar-refractivity contribution is 5.93. The Kier molecular flexibility index (Phi) is 2.53. The molecule has 0 saturated heterocycles. The maximum atomic E-state index is 9.77. The molecular weight excluding hydrogens is 240 g/mol. The van der Waals surface area contributed by atoms with Crippen molar-refractivity contribution in [2.24, 2.45) is 0 Å². The summed E-state index contributed by atoms with van der Waals surface area (Å²) in [6, 6.07) is 15.7. The normalized spacial score (nSPS) is 10.7. The summed E-state index contributed by atoms with van der Waals surface area (Å²) in [6.45, 7) is 0. The van der Waals surface area contributed by atoms with Gasteiger partial charge in [0.1, 0.15) is 5.75 Å². The van der Waals surface area contributed by atoms with Crippen LogP contribution in [0, 0.1) is 0 Å². The summed E-state index contributed by atoms with van der Waals surface area (Å²) in [7, 11) is 0. The van der Waals surface area contributed by atoms with E-state index >= 15 is 0 Å². The van der Waals surface area contributed by atoms with Crippen molar-refractivity contribution in [3.63, 3.8) is 0 Å². The molecule has 3 N–H and O–H groups in total. The molecule has 3 aromatic carbocycles. The summed E-state index contributed by atoms with van der Waals surface area (Å²) in [5, 5.41) is 30.0. The predicted octanol–water partition coefficient (Wildman–Crippen LogP) is 3.62. The summed E-state index contributed by atoms with van der Waals surface area (Å²) >= 11 is 0. The average Bonchev–Trinajstić information content (AvgIpc) is 2.43. The van der Waals surface area contributed by atoms with Crippen LogP contribution in [0.2, 0.25) is 0 Å². The summed E-state index contributed by atoms with van der Waals surface area (Å²) in [5.74, 6) is 0.00625. The minimum Gasteiger partial charge on any atom is -0.508 e. The number of phenols is 3. The van der Waals surface area contributed by atoms with E-state index in [1.165, 1.54) is 6.07 Å². The van der Waals surface area contributed by atoms with Gasteiger partial charge in [-0.25, -0.2) is 0 Å². The Morgan fingerprint density at radius 3 is 2.05 bits per heavy atom. The second-order valence-electron chi connectivity index (χ2n) is 4.42. The van der Waals surface area contributed by atoms with Gasteiger partial charge in [-0.05, 0) is 46.8 Å². The first kappa shape index (κ1) is 11.4. The molecule has 0 aliphatic carbocycles.